The van der Waals surface area contributed by atoms with E-state index in [0.717, 1.165) is 6.26 Å². The predicted octanol–water partition coefficient (Wildman–Crippen LogP) is 1.37. The molecule has 0 amide bonds. The quantitative estimate of drug-likeness (QED) is 0.470. The van der Waals surface area contributed by atoms with E-state index in [-0.39, 0.29) is 10.3 Å². The van der Waals surface area contributed by atoms with Crippen molar-refractivity contribution in [1.82, 2.24) is 0 Å². The van der Waals surface area contributed by atoms with E-state index in [9.17, 15) is 4.79 Å². The highest BCUT2D eigenvalue weighted by Gasteiger charge is 1.93. The Morgan fingerprint density at radius 1 is 1.86 bits per heavy atom. The van der Waals surface area contributed by atoms with Gasteiger partial charge >= 0.3 is 0 Å². The zero-order chi connectivity index (χ0) is 5.86. The van der Waals surface area contributed by atoms with Gasteiger partial charge in [0.15, 0.2) is 5.78 Å². The van der Waals surface area contributed by atoms with Crippen LogP contribution in [0, 0.1) is 0 Å². The maximum atomic E-state index is 10.1. The fourth-order valence-corrected chi connectivity index (χ4v) is 0.0909. The molecule has 0 bridgehead atoms. The van der Waals surface area contributed by atoms with Crippen molar-refractivity contribution >= 4 is 21.7 Å². The first kappa shape index (κ1) is 6.69. The van der Waals surface area contributed by atoms with E-state index >= 15 is 0 Å². The van der Waals surface area contributed by atoms with Gasteiger partial charge in [-0.25, -0.2) is 0 Å². The number of carbonyl (C=O) groups excluding carboxylic acids is 1. The Bertz CT molecular complexity index is 106. The second-order valence-electron chi connectivity index (χ2n) is 1.03. The highest BCUT2D eigenvalue weighted by molar-refractivity contribution is 9.12. The molecule has 0 aromatic heterocycles. The molecule has 1 N–H and O–H groups in total. The lowest BCUT2D eigenvalue weighted by Gasteiger charge is -1.81. The first-order valence-corrected chi connectivity index (χ1v) is 2.48. The summed E-state index contributed by atoms with van der Waals surface area (Å²) in [6, 6.07) is 0. The third kappa shape index (κ3) is 2.39. The lowest BCUT2D eigenvalue weighted by Crippen LogP contribution is -1.85. The lowest BCUT2D eigenvalue weighted by atomic mass is 10.4. The summed E-state index contributed by atoms with van der Waals surface area (Å²) in [6.45, 7) is 1.36. The zero-order valence-corrected chi connectivity index (χ0v) is 5.40. The van der Waals surface area contributed by atoms with Crippen LogP contribution in [0.2, 0.25) is 0 Å². The van der Waals surface area contributed by atoms with Crippen LogP contribution < -0.4 is 0 Å². The van der Waals surface area contributed by atoms with Gasteiger partial charge in [-0.2, -0.15) is 0 Å². The van der Waals surface area contributed by atoms with Gasteiger partial charge in [0.2, 0.25) is 0 Å². The van der Waals surface area contributed by atoms with Crippen LogP contribution >= 0.6 is 15.9 Å². The zero-order valence-electron chi connectivity index (χ0n) is 3.81. The van der Waals surface area contributed by atoms with Crippen LogP contribution in [0.1, 0.15) is 6.92 Å². The summed E-state index contributed by atoms with van der Waals surface area (Å²) in [4.78, 5) is 10.1. The molecule has 40 valence electrons. The van der Waals surface area contributed by atoms with Gasteiger partial charge in [0.05, 0.1) is 10.7 Å². The number of hydrogen-bond acceptors (Lipinski definition) is 2. The van der Waals surface area contributed by atoms with Crippen molar-refractivity contribution < 1.29 is 9.90 Å². The Labute approximate surface area is 50.0 Å². The molecule has 2 nitrogen and oxygen atoms in total. The van der Waals surface area contributed by atoms with Crippen molar-refractivity contribution in [2.75, 3.05) is 0 Å². The van der Waals surface area contributed by atoms with Crippen molar-refractivity contribution in [3.63, 3.8) is 0 Å². The Morgan fingerprint density at radius 3 is 2.29 bits per heavy atom. The van der Waals surface area contributed by atoms with Gasteiger partial charge in [-0.3, -0.25) is 4.79 Å². The number of halogens is 1. The highest BCUT2D eigenvalue weighted by atomic mass is 79.9. The molecule has 0 heterocycles. The van der Waals surface area contributed by atoms with Gasteiger partial charge < -0.3 is 5.11 Å². The maximum absolute atomic E-state index is 10.1. The molecule has 0 spiro atoms. The molecule has 0 saturated heterocycles. The summed E-state index contributed by atoms with van der Waals surface area (Å²) >= 11 is 2.80. The summed E-state index contributed by atoms with van der Waals surface area (Å²) < 4.78 is 0.201. The number of allylic oxidation sites excluding steroid dienone is 1. The van der Waals surface area contributed by atoms with Crippen LogP contribution in [0.25, 0.3) is 0 Å². The second kappa shape index (κ2) is 2.80. The number of ketones is 1. The highest BCUT2D eigenvalue weighted by Crippen LogP contribution is 2.02. The van der Waals surface area contributed by atoms with Crippen molar-refractivity contribution in [2.24, 2.45) is 0 Å². The molecular weight excluding hydrogens is 160 g/mol. The van der Waals surface area contributed by atoms with Crippen LogP contribution in [0.3, 0.4) is 0 Å². The second-order valence-corrected chi connectivity index (χ2v) is 1.89. The average Bonchev–Trinajstić information content (AvgIpc) is 1.65. The van der Waals surface area contributed by atoms with E-state index in [0.29, 0.717) is 0 Å². The molecule has 0 unspecified atom stereocenters. The summed E-state index contributed by atoms with van der Waals surface area (Å²) in [7, 11) is 0. The number of aliphatic hydroxyl groups excluding tert-OH is 1. The Hall–Kier alpha value is -0.310. The molecule has 0 atom stereocenters. The van der Waals surface area contributed by atoms with Crippen LogP contribution in [-0.4, -0.2) is 10.9 Å². The minimum atomic E-state index is -0.178. The van der Waals surface area contributed by atoms with E-state index in [4.69, 9.17) is 5.11 Å². The molecule has 0 aromatic carbocycles. The van der Waals surface area contributed by atoms with Crippen molar-refractivity contribution in [2.45, 2.75) is 6.92 Å². The number of rotatable bonds is 1. The summed E-state index contributed by atoms with van der Waals surface area (Å²) in [5, 5.41) is 8.08. The lowest BCUT2D eigenvalue weighted by molar-refractivity contribution is -0.113. The fourth-order valence-electron chi connectivity index (χ4n) is 0.0909. The summed E-state index contributed by atoms with van der Waals surface area (Å²) in [5.74, 6) is -0.178. The van der Waals surface area contributed by atoms with Gasteiger partial charge in [-0.15, -0.1) is 0 Å². The Kier molecular flexibility index (Phi) is 2.67. The van der Waals surface area contributed by atoms with E-state index in [1.165, 1.54) is 6.92 Å². The molecule has 0 aliphatic carbocycles. The normalized spacial score (nSPS) is 11.4. The molecule has 0 aliphatic rings. The molecule has 0 fully saturated rings. The van der Waals surface area contributed by atoms with Gasteiger partial charge in [0.25, 0.3) is 0 Å². The third-order valence-corrected chi connectivity index (χ3v) is 1.21. The number of Topliss-reactive ketones (excluding diaryl/α,β-unsaturated/α-hetero) is 1. The molecule has 0 rings (SSSR count). The van der Waals surface area contributed by atoms with Gasteiger partial charge in [-0.1, -0.05) is 0 Å². The van der Waals surface area contributed by atoms with E-state index in [1.807, 2.05) is 0 Å². The van der Waals surface area contributed by atoms with Crippen LogP contribution in [-0.2, 0) is 4.79 Å². The van der Waals surface area contributed by atoms with E-state index in [2.05, 4.69) is 15.9 Å². The standard InChI is InChI=1S/C4H5BrO2/c1-3(7)4(5)2-6/h2,6H,1H3/b4-2-. The summed E-state index contributed by atoms with van der Waals surface area (Å²) in [6.07, 6.45) is 0.725. The molecule has 7 heavy (non-hydrogen) atoms. The van der Waals surface area contributed by atoms with E-state index < -0.39 is 0 Å². The van der Waals surface area contributed by atoms with Crippen LogP contribution in [0.15, 0.2) is 10.7 Å². The summed E-state index contributed by atoms with van der Waals surface area (Å²) in [5.41, 5.74) is 0. The third-order valence-electron chi connectivity index (χ3n) is 0.450. The Morgan fingerprint density at radius 2 is 2.29 bits per heavy atom. The first-order chi connectivity index (χ1) is 3.18. The maximum Gasteiger partial charge on any atom is 0.169 e. The van der Waals surface area contributed by atoms with Crippen LogP contribution in [0.4, 0.5) is 0 Å². The number of hydrogen-bond donors (Lipinski definition) is 1. The SMILES string of the molecule is CC(=O)/C(Br)=C/O. The van der Waals surface area contributed by atoms with Crippen molar-refractivity contribution in [3.8, 4) is 0 Å². The minimum Gasteiger partial charge on any atom is -0.514 e. The fraction of sp³-hybridized carbons (Fsp3) is 0.250. The topological polar surface area (TPSA) is 37.3 Å². The van der Waals surface area contributed by atoms with Crippen molar-refractivity contribution in [3.05, 3.63) is 10.7 Å². The monoisotopic (exact) mass is 164 g/mol. The molecule has 0 radical (unpaired) electrons. The van der Waals surface area contributed by atoms with Crippen LogP contribution in [0.5, 0.6) is 0 Å². The van der Waals surface area contributed by atoms with Gasteiger partial charge in [-0.05, 0) is 22.9 Å². The molecular formula is C4H5BrO2. The molecule has 0 aromatic rings. The largest absolute Gasteiger partial charge is 0.514 e. The first-order valence-electron chi connectivity index (χ1n) is 1.69. The van der Waals surface area contributed by atoms with E-state index in [1.54, 1.807) is 0 Å². The minimum absolute atomic E-state index is 0.178. The number of carbonyl (C=O) groups is 1. The van der Waals surface area contributed by atoms with Gasteiger partial charge in [0.1, 0.15) is 0 Å². The Balaban J connectivity index is 3.82. The smallest absolute Gasteiger partial charge is 0.169 e. The molecule has 0 saturated carbocycles. The average molecular weight is 165 g/mol. The predicted molar refractivity (Wildman–Crippen MR) is 30.3 cm³/mol. The van der Waals surface area contributed by atoms with Crippen molar-refractivity contribution in [1.29, 1.82) is 0 Å². The molecule has 0 aliphatic heterocycles. The molecule has 3 heteroatoms. The van der Waals surface area contributed by atoms with Gasteiger partial charge in [0, 0.05) is 0 Å². The number of aliphatic hydroxyl groups is 1.